The molecule has 1 atom stereocenters. The third kappa shape index (κ3) is 3.67. The number of phenolic OH excluding ortho intramolecular Hbond substituents is 1. The number of nitrogens with one attached hydrogen (secondary N) is 1. The number of aromatic nitrogens is 2. The van der Waals surface area contributed by atoms with Crippen molar-refractivity contribution in [3.63, 3.8) is 0 Å². The van der Waals surface area contributed by atoms with Crippen LogP contribution in [0, 0.1) is 13.8 Å². The molecule has 1 aliphatic heterocycles. The SMILES string of the molecule is CCCCN1C(=O)c2[nH]nc(-c3c(C)cc(C)cc3O)c2C1c1ccc(OCC)cc1. The third-order valence-corrected chi connectivity index (χ3v) is 5.82. The molecular weight excluding hydrogens is 390 g/mol. The van der Waals surface area contributed by atoms with Gasteiger partial charge in [0.1, 0.15) is 22.9 Å². The number of amides is 1. The predicted molar refractivity (Wildman–Crippen MR) is 121 cm³/mol. The quantitative estimate of drug-likeness (QED) is 0.556. The molecule has 6 nitrogen and oxygen atoms in total. The summed E-state index contributed by atoms with van der Waals surface area (Å²) in [6, 6.07) is 11.4. The van der Waals surface area contributed by atoms with E-state index in [0.29, 0.717) is 30.1 Å². The van der Waals surface area contributed by atoms with Crippen LogP contribution in [-0.2, 0) is 0 Å². The molecular formula is C25H29N3O3. The van der Waals surface area contributed by atoms with Gasteiger partial charge in [-0.15, -0.1) is 0 Å². The summed E-state index contributed by atoms with van der Waals surface area (Å²) in [4.78, 5) is 15.2. The number of fused-ring (bicyclic) bond motifs is 1. The number of ether oxygens (including phenoxy) is 1. The first-order chi connectivity index (χ1) is 15.0. The molecule has 162 valence electrons. The van der Waals surface area contributed by atoms with Gasteiger partial charge in [-0.05, 0) is 62.1 Å². The lowest BCUT2D eigenvalue weighted by atomic mass is 9.93. The zero-order valence-electron chi connectivity index (χ0n) is 18.5. The van der Waals surface area contributed by atoms with Gasteiger partial charge >= 0.3 is 0 Å². The maximum absolute atomic E-state index is 13.3. The lowest BCUT2D eigenvalue weighted by Gasteiger charge is -2.26. The molecule has 0 saturated heterocycles. The average Bonchev–Trinajstić information content (AvgIpc) is 3.26. The molecule has 0 saturated carbocycles. The number of aromatic hydroxyl groups is 1. The van der Waals surface area contributed by atoms with Crippen molar-refractivity contribution in [1.82, 2.24) is 15.1 Å². The highest BCUT2D eigenvalue weighted by Gasteiger charge is 2.42. The molecule has 4 rings (SSSR count). The second-order valence-electron chi connectivity index (χ2n) is 8.09. The van der Waals surface area contributed by atoms with Gasteiger partial charge in [-0.3, -0.25) is 9.89 Å². The Morgan fingerprint density at radius 1 is 1.16 bits per heavy atom. The topological polar surface area (TPSA) is 78.5 Å². The number of carbonyl (C=O) groups is 1. The summed E-state index contributed by atoms with van der Waals surface area (Å²) in [5.41, 5.74) is 5.54. The molecule has 6 heteroatoms. The second-order valence-corrected chi connectivity index (χ2v) is 8.09. The van der Waals surface area contributed by atoms with Crippen molar-refractivity contribution in [3.05, 3.63) is 64.3 Å². The maximum Gasteiger partial charge on any atom is 0.273 e. The predicted octanol–water partition coefficient (Wildman–Crippen LogP) is 5.14. The van der Waals surface area contributed by atoms with E-state index in [0.717, 1.165) is 40.8 Å². The summed E-state index contributed by atoms with van der Waals surface area (Å²) >= 11 is 0. The Morgan fingerprint density at radius 2 is 1.90 bits per heavy atom. The number of phenols is 1. The fourth-order valence-corrected chi connectivity index (χ4v) is 4.46. The number of hydrogen-bond donors (Lipinski definition) is 2. The summed E-state index contributed by atoms with van der Waals surface area (Å²) < 4.78 is 5.59. The highest BCUT2D eigenvalue weighted by molar-refractivity contribution is 6.00. The molecule has 1 aromatic heterocycles. The Bertz CT molecular complexity index is 1080. The number of rotatable bonds is 7. The fraction of sp³-hybridized carbons (Fsp3) is 0.360. The summed E-state index contributed by atoms with van der Waals surface area (Å²) in [7, 11) is 0. The zero-order valence-corrected chi connectivity index (χ0v) is 18.5. The molecule has 1 aliphatic rings. The van der Waals surface area contributed by atoms with E-state index in [1.54, 1.807) is 6.07 Å². The summed E-state index contributed by atoms with van der Waals surface area (Å²) in [6.45, 7) is 9.24. The van der Waals surface area contributed by atoms with Crippen LogP contribution in [0.15, 0.2) is 36.4 Å². The molecule has 0 bridgehead atoms. The minimum Gasteiger partial charge on any atom is -0.507 e. The summed E-state index contributed by atoms with van der Waals surface area (Å²) in [5.74, 6) is 0.928. The van der Waals surface area contributed by atoms with Crippen molar-refractivity contribution in [3.8, 4) is 22.8 Å². The van der Waals surface area contributed by atoms with Gasteiger partial charge in [-0.25, -0.2) is 0 Å². The van der Waals surface area contributed by atoms with Gasteiger partial charge in [-0.2, -0.15) is 5.10 Å². The van der Waals surface area contributed by atoms with E-state index in [1.165, 1.54) is 0 Å². The van der Waals surface area contributed by atoms with Gasteiger partial charge in [0.2, 0.25) is 0 Å². The fourth-order valence-electron chi connectivity index (χ4n) is 4.46. The van der Waals surface area contributed by atoms with E-state index in [2.05, 4.69) is 17.1 Å². The van der Waals surface area contributed by atoms with Crippen molar-refractivity contribution in [2.45, 2.75) is 46.6 Å². The lowest BCUT2D eigenvalue weighted by molar-refractivity contribution is 0.0741. The average molecular weight is 420 g/mol. The molecule has 2 aromatic carbocycles. The third-order valence-electron chi connectivity index (χ3n) is 5.82. The van der Waals surface area contributed by atoms with Crippen LogP contribution in [0.3, 0.4) is 0 Å². The molecule has 1 unspecified atom stereocenters. The Balaban J connectivity index is 1.86. The van der Waals surface area contributed by atoms with Crippen LogP contribution in [0.4, 0.5) is 0 Å². The molecule has 1 amide bonds. The Hall–Kier alpha value is -3.28. The normalized spacial score (nSPS) is 15.4. The maximum atomic E-state index is 13.3. The summed E-state index contributed by atoms with van der Waals surface area (Å²) in [5, 5.41) is 18.2. The van der Waals surface area contributed by atoms with Gasteiger partial charge in [0.25, 0.3) is 5.91 Å². The molecule has 31 heavy (non-hydrogen) atoms. The van der Waals surface area contributed by atoms with Crippen molar-refractivity contribution >= 4 is 5.91 Å². The van der Waals surface area contributed by atoms with E-state index in [-0.39, 0.29) is 17.7 Å². The van der Waals surface area contributed by atoms with Crippen molar-refractivity contribution in [2.75, 3.05) is 13.2 Å². The Kier molecular flexibility index (Phi) is 5.72. The molecule has 0 fully saturated rings. The number of hydrogen-bond acceptors (Lipinski definition) is 4. The summed E-state index contributed by atoms with van der Waals surface area (Å²) in [6.07, 6.45) is 1.91. The van der Waals surface area contributed by atoms with Gasteiger partial charge in [0.05, 0.1) is 12.6 Å². The van der Waals surface area contributed by atoms with Gasteiger partial charge in [0, 0.05) is 17.7 Å². The van der Waals surface area contributed by atoms with Crippen molar-refractivity contribution in [2.24, 2.45) is 0 Å². The van der Waals surface area contributed by atoms with Gasteiger partial charge in [0.15, 0.2) is 0 Å². The van der Waals surface area contributed by atoms with E-state index in [1.807, 2.05) is 56.0 Å². The number of unbranched alkanes of at least 4 members (excludes halogenated alkanes) is 1. The minimum absolute atomic E-state index is 0.0506. The van der Waals surface area contributed by atoms with Crippen LogP contribution in [0.1, 0.15) is 65.5 Å². The lowest BCUT2D eigenvalue weighted by Crippen LogP contribution is -2.30. The number of nitrogens with zero attached hydrogens (tertiary/aromatic N) is 2. The smallest absolute Gasteiger partial charge is 0.273 e. The minimum atomic E-state index is -0.265. The van der Waals surface area contributed by atoms with E-state index >= 15 is 0 Å². The van der Waals surface area contributed by atoms with E-state index < -0.39 is 0 Å². The van der Waals surface area contributed by atoms with E-state index in [9.17, 15) is 9.90 Å². The van der Waals surface area contributed by atoms with Gasteiger partial charge < -0.3 is 14.7 Å². The number of aryl methyl sites for hydroxylation is 2. The van der Waals surface area contributed by atoms with E-state index in [4.69, 9.17) is 4.74 Å². The standard InChI is InChI=1S/C25H29N3O3/c1-5-7-12-28-24(17-8-10-18(11-9-17)31-6-2)21-22(26-27-23(21)25(28)30)20-16(4)13-15(3)14-19(20)29/h8-11,13-14,24,29H,5-7,12H2,1-4H3,(H,26,27). The number of carbonyl (C=O) groups excluding carboxylic acids is 1. The Morgan fingerprint density at radius 3 is 2.55 bits per heavy atom. The second kappa shape index (κ2) is 8.46. The van der Waals surface area contributed by atoms with Crippen LogP contribution in [0.25, 0.3) is 11.3 Å². The van der Waals surface area contributed by atoms with Crippen LogP contribution in [0.2, 0.25) is 0 Å². The molecule has 3 aromatic rings. The molecule has 2 N–H and O–H groups in total. The highest BCUT2D eigenvalue weighted by Crippen LogP contribution is 2.45. The zero-order chi connectivity index (χ0) is 22.1. The van der Waals surface area contributed by atoms with Crippen molar-refractivity contribution < 1.29 is 14.6 Å². The highest BCUT2D eigenvalue weighted by atomic mass is 16.5. The number of H-pyrrole nitrogens is 1. The molecule has 0 radical (unpaired) electrons. The monoisotopic (exact) mass is 419 g/mol. The van der Waals surface area contributed by atoms with Crippen LogP contribution in [0.5, 0.6) is 11.5 Å². The number of benzene rings is 2. The van der Waals surface area contributed by atoms with Gasteiger partial charge in [-0.1, -0.05) is 31.5 Å². The van der Waals surface area contributed by atoms with Crippen molar-refractivity contribution in [1.29, 1.82) is 0 Å². The van der Waals surface area contributed by atoms with Crippen LogP contribution >= 0.6 is 0 Å². The Labute approximate surface area is 182 Å². The first kappa shape index (κ1) is 21.0. The largest absolute Gasteiger partial charge is 0.507 e. The van der Waals surface area contributed by atoms with Crippen LogP contribution in [-0.4, -0.2) is 39.3 Å². The first-order valence-corrected chi connectivity index (χ1v) is 10.9. The molecule has 2 heterocycles. The number of aromatic amines is 1. The molecule has 0 spiro atoms. The molecule has 0 aliphatic carbocycles. The first-order valence-electron chi connectivity index (χ1n) is 10.9. The van der Waals surface area contributed by atoms with Crippen LogP contribution < -0.4 is 4.74 Å².